The molecular weight excluding hydrogens is 372 g/mol. The third-order valence-corrected chi connectivity index (χ3v) is 8.38. The Hall–Kier alpha value is -2.21. The fourth-order valence-corrected chi connectivity index (χ4v) is 6.97. The van der Waals surface area contributed by atoms with E-state index < -0.39 is 15.4 Å². The van der Waals surface area contributed by atoms with Gasteiger partial charge in [-0.25, -0.2) is 8.42 Å². The number of nitrogens with zero attached hydrogens (tertiary/aromatic N) is 1. The molecule has 28 heavy (non-hydrogen) atoms. The number of pyridine rings is 1. The molecule has 0 saturated heterocycles. The number of anilines is 1. The van der Waals surface area contributed by atoms with Crippen LogP contribution >= 0.6 is 0 Å². The number of ketones is 1. The van der Waals surface area contributed by atoms with Crippen molar-refractivity contribution in [1.82, 2.24) is 4.98 Å². The number of sulfonamides is 1. The number of hydrogen-bond donors (Lipinski definition) is 1. The van der Waals surface area contributed by atoms with Gasteiger partial charge in [0.25, 0.3) is 0 Å². The average Bonchev–Trinajstić information content (AvgIpc) is 2.98. The second kappa shape index (κ2) is 6.69. The van der Waals surface area contributed by atoms with E-state index in [0.717, 1.165) is 24.0 Å². The summed E-state index contributed by atoms with van der Waals surface area (Å²) in [5.41, 5.74) is 1.78. The van der Waals surface area contributed by atoms with Gasteiger partial charge in [-0.15, -0.1) is 0 Å². The molecule has 2 bridgehead atoms. The van der Waals surface area contributed by atoms with Crippen LogP contribution in [0.25, 0.3) is 0 Å². The molecule has 2 atom stereocenters. The van der Waals surface area contributed by atoms with Crippen LogP contribution in [0.4, 0.5) is 5.69 Å². The summed E-state index contributed by atoms with van der Waals surface area (Å²) in [4.78, 5) is 16.6. The number of hydrogen-bond acceptors (Lipinski definition) is 4. The van der Waals surface area contributed by atoms with E-state index in [4.69, 9.17) is 0 Å². The maximum atomic E-state index is 12.9. The molecule has 0 spiro atoms. The number of fused-ring (bicyclic) bond motifs is 2. The Bertz CT molecular complexity index is 984. The van der Waals surface area contributed by atoms with Gasteiger partial charge in [-0.1, -0.05) is 26.0 Å². The van der Waals surface area contributed by atoms with Crippen LogP contribution < -0.4 is 4.72 Å². The second-order valence-electron chi connectivity index (χ2n) is 8.76. The number of Topliss-reactive ketones (excluding diaryl/α,β-unsaturated/α-hetero) is 1. The predicted molar refractivity (Wildman–Crippen MR) is 109 cm³/mol. The third-order valence-electron chi connectivity index (χ3n) is 6.96. The summed E-state index contributed by atoms with van der Waals surface area (Å²) >= 11 is 0. The molecule has 6 heteroatoms. The Balaban J connectivity index is 1.47. The Labute approximate surface area is 166 Å². The van der Waals surface area contributed by atoms with Crippen LogP contribution in [0.3, 0.4) is 0 Å². The van der Waals surface area contributed by atoms with Crippen molar-refractivity contribution in [2.75, 3.05) is 10.5 Å². The summed E-state index contributed by atoms with van der Waals surface area (Å²) in [6, 6.07) is 11.3. The van der Waals surface area contributed by atoms with E-state index in [9.17, 15) is 13.2 Å². The first kappa shape index (κ1) is 19.1. The highest BCUT2D eigenvalue weighted by atomic mass is 32.2. The first-order valence-corrected chi connectivity index (χ1v) is 11.4. The van der Waals surface area contributed by atoms with Gasteiger partial charge in [0.2, 0.25) is 10.0 Å². The molecule has 1 aromatic heterocycles. The molecule has 2 aromatic rings. The van der Waals surface area contributed by atoms with Crippen molar-refractivity contribution in [1.29, 1.82) is 0 Å². The quantitative estimate of drug-likeness (QED) is 0.803. The standard InChI is InChI=1S/C22H26N2O3S/c1-21(2)18-7-10-22(21,20(25)14-18)15-28(26,27)24-19-5-3-16(4-6-19)13-17-8-11-23-12-9-17/h3-6,8-9,11-12,18,24H,7,10,13-15H2,1-2H3/t18-,22+/m0/s1. The minimum atomic E-state index is -3.62. The second-order valence-corrected chi connectivity index (χ2v) is 10.5. The van der Waals surface area contributed by atoms with Gasteiger partial charge in [0.05, 0.1) is 11.2 Å². The number of aromatic nitrogens is 1. The van der Waals surface area contributed by atoms with Crippen LogP contribution in [0.15, 0.2) is 48.8 Å². The van der Waals surface area contributed by atoms with Gasteiger partial charge in [0, 0.05) is 24.5 Å². The molecule has 1 aromatic carbocycles. The van der Waals surface area contributed by atoms with Gasteiger partial charge in [-0.05, 0) is 66.0 Å². The highest BCUT2D eigenvalue weighted by Crippen LogP contribution is 2.64. The van der Waals surface area contributed by atoms with E-state index in [-0.39, 0.29) is 17.0 Å². The summed E-state index contributed by atoms with van der Waals surface area (Å²) in [6.45, 7) is 4.11. The Morgan fingerprint density at radius 1 is 1.07 bits per heavy atom. The fourth-order valence-electron chi connectivity index (χ4n) is 5.08. The zero-order valence-corrected chi connectivity index (χ0v) is 17.1. The van der Waals surface area contributed by atoms with Gasteiger partial charge < -0.3 is 0 Å². The lowest BCUT2D eigenvalue weighted by molar-refractivity contribution is -0.128. The van der Waals surface area contributed by atoms with Crippen molar-refractivity contribution < 1.29 is 13.2 Å². The molecule has 4 rings (SSSR count). The van der Waals surface area contributed by atoms with Gasteiger partial charge >= 0.3 is 0 Å². The smallest absolute Gasteiger partial charge is 0.233 e. The third kappa shape index (κ3) is 3.24. The molecule has 0 amide bonds. The van der Waals surface area contributed by atoms with Crippen molar-refractivity contribution in [3.63, 3.8) is 0 Å². The maximum Gasteiger partial charge on any atom is 0.233 e. The molecule has 5 nitrogen and oxygen atoms in total. The minimum absolute atomic E-state index is 0.117. The molecule has 0 radical (unpaired) electrons. The fraction of sp³-hybridized carbons (Fsp3) is 0.455. The molecule has 1 N–H and O–H groups in total. The largest absolute Gasteiger partial charge is 0.299 e. The highest BCUT2D eigenvalue weighted by Gasteiger charge is 2.65. The summed E-state index contributed by atoms with van der Waals surface area (Å²) in [5, 5.41) is 0. The van der Waals surface area contributed by atoms with Crippen LogP contribution in [0.2, 0.25) is 0 Å². The summed E-state index contributed by atoms with van der Waals surface area (Å²) in [7, 11) is -3.62. The van der Waals surface area contributed by atoms with E-state index in [1.807, 2.05) is 24.3 Å². The first-order valence-electron chi connectivity index (χ1n) is 9.73. The molecule has 2 aliphatic rings. The first-order chi connectivity index (χ1) is 13.2. The lowest BCUT2D eigenvalue weighted by atomic mass is 9.70. The Morgan fingerprint density at radius 2 is 1.71 bits per heavy atom. The molecule has 2 saturated carbocycles. The maximum absolute atomic E-state index is 12.9. The lowest BCUT2D eigenvalue weighted by Gasteiger charge is -2.36. The van der Waals surface area contributed by atoms with Gasteiger partial charge in [0.15, 0.2) is 0 Å². The van der Waals surface area contributed by atoms with Crippen LogP contribution in [-0.2, 0) is 21.2 Å². The monoisotopic (exact) mass is 398 g/mol. The molecule has 2 fully saturated rings. The molecule has 0 unspecified atom stereocenters. The number of nitrogens with one attached hydrogen (secondary N) is 1. The van der Waals surface area contributed by atoms with Crippen molar-refractivity contribution in [3.05, 3.63) is 59.9 Å². The van der Waals surface area contributed by atoms with E-state index in [0.29, 0.717) is 24.4 Å². The van der Waals surface area contributed by atoms with Crippen molar-refractivity contribution in [2.45, 2.75) is 39.5 Å². The zero-order chi connectivity index (χ0) is 20.0. The molecular formula is C22H26N2O3S. The Morgan fingerprint density at radius 3 is 2.29 bits per heavy atom. The average molecular weight is 399 g/mol. The predicted octanol–water partition coefficient (Wildman–Crippen LogP) is 3.81. The summed E-state index contributed by atoms with van der Waals surface area (Å²) < 4.78 is 28.4. The van der Waals surface area contributed by atoms with Crippen molar-refractivity contribution >= 4 is 21.5 Å². The highest BCUT2D eigenvalue weighted by molar-refractivity contribution is 7.92. The summed E-state index contributed by atoms with van der Waals surface area (Å²) in [5.74, 6) is 0.302. The topological polar surface area (TPSA) is 76.1 Å². The number of carbonyl (C=O) groups excluding carboxylic acids is 1. The van der Waals surface area contributed by atoms with E-state index in [1.54, 1.807) is 24.5 Å². The zero-order valence-electron chi connectivity index (χ0n) is 16.3. The molecule has 2 aliphatic carbocycles. The van der Waals surface area contributed by atoms with Gasteiger partial charge in [-0.3, -0.25) is 14.5 Å². The lowest BCUT2D eigenvalue weighted by Crippen LogP contribution is -2.43. The van der Waals surface area contributed by atoms with E-state index >= 15 is 0 Å². The minimum Gasteiger partial charge on any atom is -0.299 e. The Kier molecular flexibility index (Phi) is 4.57. The normalized spacial score (nSPS) is 25.8. The molecule has 0 aliphatic heterocycles. The summed E-state index contributed by atoms with van der Waals surface area (Å²) in [6.07, 6.45) is 6.43. The molecule has 148 valence electrons. The van der Waals surface area contributed by atoms with Crippen LogP contribution in [0.1, 0.15) is 44.2 Å². The van der Waals surface area contributed by atoms with Crippen molar-refractivity contribution in [2.24, 2.45) is 16.7 Å². The number of rotatable bonds is 6. The van der Waals surface area contributed by atoms with Crippen LogP contribution in [-0.4, -0.2) is 24.9 Å². The van der Waals surface area contributed by atoms with Crippen LogP contribution in [0, 0.1) is 16.7 Å². The van der Waals surface area contributed by atoms with Crippen molar-refractivity contribution in [3.8, 4) is 0 Å². The van der Waals surface area contributed by atoms with E-state index in [2.05, 4.69) is 23.6 Å². The van der Waals surface area contributed by atoms with Gasteiger partial charge in [-0.2, -0.15) is 0 Å². The van der Waals surface area contributed by atoms with Gasteiger partial charge in [0.1, 0.15) is 5.78 Å². The van der Waals surface area contributed by atoms with Crippen LogP contribution in [0.5, 0.6) is 0 Å². The number of benzene rings is 1. The van der Waals surface area contributed by atoms with E-state index in [1.165, 1.54) is 0 Å². The molecule has 1 heterocycles. The number of carbonyl (C=O) groups is 1. The SMILES string of the molecule is CC1(C)[C@H]2CC[C@@]1(CS(=O)(=O)Nc1ccc(Cc3ccncc3)cc1)C(=O)C2.